The number of carbonyl (C=O) groups excluding carboxylic acids is 1. The molecule has 2 aliphatic rings. The third-order valence-corrected chi connectivity index (χ3v) is 7.00. The number of piperazine rings is 1. The molecule has 2 aromatic rings. The number of likely N-dealkylation sites (tertiary alicyclic amines) is 1. The van der Waals surface area contributed by atoms with Crippen LogP contribution in [0, 0.1) is 0 Å². The Labute approximate surface area is 198 Å². The van der Waals surface area contributed by atoms with Crippen molar-refractivity contribution in [1.29, 1.82) is 0 Å². The number of methoxy groups -OCH3 is 1. The number of hydrogen-bond acceptors (Lipinski definition) is 5. The lowest BCUT2D eigenvalue weighted by Crippen LogP contribution is -2.55. The highest BCUT2D eigenvalue weighted by Gasteiger charge is 2.33. The van der Waals surface area contributed by atoms with Crippen molar-refractivity contribution in [2.24, 2.45) is 0 Å². The van der Waals surface area contributed by atoms with Crippen molar-refractivity contribution in [3.63, 3.8) is 0 Å². The van der Waals surface area contributed by atoms with Crippen LogP contribution in [-0.2, 0) is 11.0 Å². The van der Waals surface area contributed by atoms with Crippen molar-refractivity contribution >= 4 is 11.7 Å². The highest BCUT2D eigenvalue weighted by Crippen LogP contribution is 2.34. The number of para-hydroxylation sites is 1. The lowest BCUT2D eigenvalue weighted by atomic mass is 9.88. The smallest absolute Gasteiger partial charge is 0.417 e. The van der Waals surface area contributed by atoms with Gasteiger partial charge in [-0.2, -0.15) is 13.2 Å². The van der Waals surface area contributed by atoms with Crippen LogP contribution in [0.3, 0.4) is 0 Å². The van der Waals surface area contributed by atoms with Crippen LogP contribution in [0.5, 0.6) is 5.75 Å². The van der Waals surface area contributed by atoms with Gasteiger partial charge in [-0.25, -0.2) is 4.98 Å². The Morgan fingerprint density at radius 3 is 2.29 bits per heavy atom. The molecule has 1 amide bonds. The molecule has 0 spiro atoms. The summed E-state index contributed by atoms with van der Waals surface area (Å²) in [7, 11) is 1.69. The molecule has 184 valence electrons. The van der Waals surface area contributed by atoms with E-state index in [-0.39, 0.29) is 11.9 Å². The average Bonchev–Trinajstić information content (AvgIpc) is 2.87. The van der Waals surface area contributed by atoms with E-state index in [4.69, 9.17) is 4.74 Å². The average molecular weight is 477 g/mol. The second-order valence-corrected chi connectivity index (χ2v) is 8.94. The van der Waals surface area contributed by atoms with Crippen LogP contribution in [0.1, 0.15) is 36.8 Å². The highest BCUT2D eigenvalue weighted by atomic mass is 19.4. The molecule has 0 saturated carbocycles. The van der Waals surface area contributed by atoms with Gasteiger partial charge in [0.15, 0.2) is 0 Å². The number of amides is 1. The molecule has 1 aromatic carbocycles. The van der Waals surface area contributed by atoms with Gasteiger partial charge in [0, 0.05) is 45.5 Å². The maximum Gasteiger partial charge on any atom is 0.417 e. The number of benzene rings is 1. The van der Waals surface area contributed by atoms with Crippen LogP contribution in [0.25, 0.3) is 0 Å². The Hall–Kier alpha value is -2.81. The fraction of sp³-hybridized carbons (Fsp3) is 0.520. The molecular formula is C25H31F3N4O2. The van der Waals surface area contributed by atoms with Gasteiger partial charge in [-0.3, -0.25) is 9.69 Å². The SMILES string of the molecule is COc1ccccc1C1CCN(C(=O)[C@@H](C)N2CCN(c3ccc(C(F)(F)F)cn3)CC2)CC1. The molecule has 0 N–H and O–H groups in total. The molecular weight excluding hydrogens is 445 g/mol. The molecule has 34 heavy (non-hydrogen) atoms. The molecule has 2 saturated heterocycles. The van der Waals surface area contributed by atoms with Crippen LogP contribution in [-0.4, -0.2) is 73.1 Å². The standard InChI is InChI=1S/C25H31F3N4O2/c1-18(24(33)32-11-9-19(10-12-32)21-5-3-4-6-22(21)34-2)30-13-15-31(16-14-30)23-8-7-20(17-29-23)25(26,27)28/h3-8,17-19H,9-16H2,1-2H3/t18-/m1/s1. The molecule has 0 unspecified atom stereocenters. The molecule has 2 fully saturated rings. The first-order valence-electron chi connectivity index (χ1n) is 11.7. The molecule has 0 radical (unpaired) electrons. The Bertz CT molecular complexity index is 967. The predicted octanol–water partition coefficient (Wildman–Crippen LogP) is 4.03. The van der Waals surface area contributed by atoms with Crippen molar-refractivity contribution in [3.8, 4) is 5.75 Å². The third-order valence-electron chi connectivity index (χ3n) is 7.00. The molecule has 3 heterocycles. The van der Waals surface area contributed by atoms with Gasteiger partial charge in [0.2, 0.25) is 5.91 Å². The van der Waals surface area contributed by atoms with Gasteiger partial charge < -0.3 is 14.5 Å². The lowest BCUT2D eigenvalue weighted by Gasteiger charge is -2.40. The zero-order chi connectivity index (χ0) is 24.3. The predicted molar refractivity (Wildman–Crippen MR) is 124 cm³/mol. The first kappa shape index (κ1) is 24.3. The number of piperidine rings is 1. The first-order valence-corrected chi connectivity index (χ1v) is 11.7. The Morgan fingerprint density at radius 2 is 1.71 bits per heavy atom. The van der Waals surface area contributed by atoms with Gasteiger partial charge in [-0.15, -0.1) is 0 Å². The zero-order valence-electron chi connectivity index (χ0n) is 19.6. The van der Waals surface area contributed by atoms with E-state index in [1.807, 2.05) is 34.9 Å². The molecule has 0 bridgehead atoms. The van der Waals surface area contributed by atoms with E-state index < -0.39 is 11.7 Å². The summed E-state index contributed by atoms with van der Waals surface area (Å²) in [6, 6.07) is 10.3. The van der Waals surface area contributed by atoms with E-state index >= 15 is 0 Å². The van der Waals surface area contributed by atoms with Crippen LogP contribution in [0.15, 0.2) is 42.6 Å². The van der Waals surface area contributed by atoms with Gasteiger partial charge in [-0.1, -0.05) is 18.2 Å². The maximum atomic E-state index is 13.2. The molecule has 1 aromatic heterocycles. The fourth-order valence-corrected chi connectivity index (χ4v) is 4.91. The number of hydrogen-bond donors (Lipinski definition) is 0. The van der Waals surface area contributed by atoms with Crippen LogP contribution in [0.4, 0.5) is 19.0 Å². The fourth-order valence-electron chi connectivity index (χ4n) is 4.91. The lowest BCUT2D eigenvalue weighted by molar-refractivity contribution is -0.138. The number of anilines is 1. The number of nitrogens with zero attached hydrogens (tertiary/aromatic N) is 4. The summed E-state index contributed by atoms with van der Waals surface area (Å²) >= 11 is 0. The quantitative estimate of drug-likeness (QED) is 0.652. The number of halogens is 3. The topological polar surface area (TPSA) is 48.9 Å². The summed E-state index contributed by atoms with van der Waals surface area (Å²) in [5, 5.41) is 0. The maximum absolute atomic E-state index is 13.2. The minimum atomic E-state index is -4.39. The van der Waals surface area contributed by atoms with E-state index in [1.54, 1.807) is 7.11 Å². The number of carbonyl (C=O) groups is 1. The van der Waals surface area contributed by atoms with Crippen LogP contribution < -0.4 is 9.64 Å². The third kappa shape index (κ3) is 5.29. The zero-order valence-corrected chi connectivity index (χ0v) is 19.6. The van der Waals surface area contributed by atoms with E-state index in [1.165, 1.54) is 11.6 Å². The number of pyridine rings is 1. The minimum absolute atomic E-state index is 0.139. The van der Waals surface area contributed by atoms with E-state index in [0.717, 1.165) is 43.9 Å². The Kier molecular flexibility index (Phi) is 7.30. The number of alkyl halides is 3. The molecule has 6 nitrogen and oxygen atoms in total. The molecule has 4 rings (SSSR count). The second-order valence-electron chi connectivity index (χ2n) is 8.94. The molecule has 0 aliphatic carbocycles. The Balaban J connectivity index is 1.28. The number of aromatic nitrogens is 1. The van der Waals surface area contributed by atoms with Gasteiger partial charge in [-0.05, 0) is 49.4 Å². The van der Waals surface area contributed by atoms with Crippen molar-refractivity contribution in [2.75, 3.05) is 51.3 Å². The largest absolute Gasteiger partial charge is 0.496 e. The summed E-state index contributed by atoms with van der Waals surface area (Å²) in [6.45, 7) is 5.95. The van der Waals surface area contributed by atoms with Crippen LogP contribution >= 0.6 is 0 Å². The summed E-state index contributed by atoms with van der Waals surface area (Å²) in [4.78, 5) is 23.2. The molecule has 1 atom stereocenters. The van der Waals surface area contributed by atoms with Gasteiger partial charge in [0.25, 0.3) is 0 Å². The highest BCUT2D eigenvalue weighted by molar-refractivity contribution is 5.81. The van der Waals surface area contributed by atoms with E-state index in [2.05, 4.69) is 16.0 Å². The summed E-state index contributed by atoms with van der Waals surface area (Å²) < 4.78 is 43.8. The molecule has 9 heteroatoms. The minimum Gasteiger partial charge on any atom is -0.496 e. The summed E-state index contributed by atoms with van der Waals surface area (Å²) in [6.07, 6.45) is -1.69. The van der Waals surface area contributed by atoms with Gasteiger partial charge >= 0.3 is 6.18 Å². The Morgan fingerprint density at radius 1 is 1.03 bits per heavy atom. The van der Waals surface area contributed by atoms with E-state index in [9.17, 15) is 18.0 Å². The summed E-state index contributed by atoms with van der Waals surface area (Å²) in [5.74, 6) is 1.96. The van der Waals surface area contributed by atoms with Crippen LogP contribution in [0.2, 0.25) is 0 Å². The van der Waals surface area contributed by atoms with Gasteiger partial charge in [0.1, 0.15) is 11.6 Å². The van der Waals surface area contributed by atoms with Crippen molar-refractivity contribution in [2.45, 2.75) is 37.9 Å². The second kappa shape index (κ2) is 10.2. The van der Waals surface area contributed by atoms with E-state index in [0.29, 0.717) is 37.9 Å². The van der Waals surface area contributed by atoms with Crippen molar-refractivity contribution < 1.29 is 22.7 Å². The van der Waals surface area contributed by atoms with Crippen molar-refractivity contribution in [1.82, 2.24) is 14.8 Å². The first-order chi connectivity index (χ1) is 16.3. The number of rotatable bonds is 5. The number of ether oxygens (including phenoxy) is 1. The monoisotopic (exact) mass is 476 g/mol. The van der Waals surface area contributed by atoms with Crippen molar-refractivity contribution in [3.05, 3.63) is 53.7 Å². The van der Waals surface area contributed by atoms with Gasteiger partial charge in [0.05, 0.1) is 18.7 Å². The summed E-state index contributed by atoms with van der Waals surface area (Å²) in [5.41, 5.74) is 0.460. The molecule has 2 aliphatic heterocycles. The normalized spacial score (nSPS) is 19.2.